The van der Waals surface area contributed by atoms with Crippen LogP contribution in [0.1, 0.15) is 19.8 Å². The summed E-state index contributed by atoms with van der Waals surface area (Å²) in [5.41, 5.74) is -0.519. The minimum Gasteiger partial charge on any atom is -0.392 e. The van der Waals surface area contributed by atoms with Gasteiger partial charge in [-0.3, -0.25) is 0 Å². The van der Waals surface area contributed by atoms with E-state index < -0.39 is 17.8 Å². The fraction of sp³-hybridized carbons (Fsp3) is 0.733. The average Bonchev–Trinajstić information content (AvgIpc) is 2.84. The molecule has 2 rings (SSSR count). The van der Waals surface area contributed by atoms with Crippen LogP contribution in [0.3, 0.4) is 0 Å². The number of hydrogen-bond acceptors (Lipinski definition) is 4. The van der Waals surface area contributed by atoms with Crippen molar-refractivity contribution in [3.05, 3.63) is 25.3 Å². The Morgan fingerprint density at radius 3 is 2.47 bits per heavy atom. The van der Waals surface area contributed by atoms with Crippen molar-refractivity contribution >= 4 is 0 Å². The standard InChI is InChI=1S/C15H24O4/c1-4-6-12(16)10-8-19-15(3)11(9-18-14(10)15)13(17)7-5-2/h4-5,10-14,16-17H,1-2,6-9H2,3H3/t10?,11?,12?,13?,14-,15-/m1/s1. The third-order valence-corrected chi connectivity index (χ3v) is 4.51. The van der Waals surface area contributed by atoms with Gasteiger partial charge in [0.1, 0.15) is 0 Å². The van der Waals surface area contributed by atoms with E-state index in [0.717, 1.165) is 0 Å². The third kappa shape index (κ3) is 2.50. The molecule has 2 heterocycles. The van der Waals surface area contributed by atoms with Gasteiger partial charge in [-0.15, -0.1) is 13.2 Å². The molecule has 2 saturated heterocycles. The highest BCUT2D eigenvalue weighted by atomic mass is 16.6. The zero-order valence-electron chi connectivity index (χ0n) is 11.5. The molecule has 0 aromatic rings. The molecule has 0 aromatic carbocycles. The number of fused-ring (bicyclic) bond motifs is 1. The molecule has 0 spiro atoms. The highest BCUT2D eigenvalue weighted by molar-refractivity contribution is 5.08. The Bertz CT molecular complexity index is 343. The van der Waals surface area contributed by atoms with E-state index in [1.165, 1.54) is 0 Å². The molecule has 0 aliphatic carbocycles. The summed E-state index contributed by atoms with van der Waals surface area (Å²) in [4.78, 5) is 0. The van der Waals surface area contributed by atoms with Crippen molar-refractivity contribution in [2.24, 2.45) is 11.8 Å². The van der Waals surface area contributed by atoms with Crippen molar-refractivity contribution in [3.8, 4) is 0 Å². The van der Waals surface area contributed by atoms with Gasteiger partial charge in [-0.25, -0.2) is 0 Å². The normalized spacial score (nSPS) is 40.7. The molecule has 2 fully saturated rings. The van der Waals surface area contributed by atoms with Crippen molar-refractivity contribution in [1.29, 1.82) is 0 Å². The Morgan fingerprint density at radius 1 is 1.21 bits per heavy atom. The molecule has 4 heteroatoms. The molecule has 4 unspecified atom stereocenters. The van der Waals surface area contributed by atoms with Gasteiger partial charge in [0.05, 0.1) is 37.1 Å². The molecule has 0 saturated carbocycles. The monoisotopic (exact) mass is 268 g/mol. The van der Waals surface area contributed by atoms with Crippen LogP contribution in [0.15, 0.2) is 25.3 Å². The van der Waals surface area contributed by atoms with E-state index in [9.17, 15) is 10.2 Å². The maximum absolute atomic E-state index is 10.2. The van der Waals surface area contributed by atoms with E-state index in [1.807, 2.05) is 6.92 Å². The number of hydrogen-bond donors (Lipinski definition) is 2. The van der Waals surface area contributed by atoms with Crippen LogP contribution in [0.2, 0.25) is 0 Å². The van der Waals surface area contributed by atoms with Crippen LogP contribution in [0.4, 0.5) is 0 Å². The van der Waals surface area contributed by atoms with Gasteiger partial charge >= 0.3 is 0 Å². The summed E-state index contributed by atoms with van der Waals surface area (Å²) in [6, 6.07) is 0. The summed E-state index contributed by atoms with van der Waals surface area (Å²) in [5.74, 6) is -0.125. The molecule has 2 N–H and O–H groups in total. The van der Waals surface area contributed by atoms with Crippen molar-refractivity contribution in [2.45, 2.75) is 43.7 Å². The van der Waals surface area contributed by atoms with Crippen molar-refractivity contribution in [3.63, 3.8) is 0 Å². The second-order valence-corrected chi connectivity index (χ2v) is 5.70. The minimum atomic E-state index is -0.519. The van der Waals surface area contributed by atoms with Gasteiger partial charge in [-0.05, 0) is 19.8 Å². The first-order valence-electron chi connectivity index (χ1n) is 6.88. The van der Waals surface area contributed by atoms with Crippen LogP contribution in [0.5, 0.6) is 0 Å². The molecule has 0 aromatic heterocycles. The lowest BCUT2D eigenvalue weighted by Crippen LogP contribution is -2.45. The lowest BCUT2D eigenvalue weighted by atomic mass is 9.79. The zero-order valence-corrected chi connectivity index (χ0v) is 11.5. The summed E-state index contributed by atoms with van der Waals surface area (Å²) in [7, 11) is 0. The maximum atomic E-state index is 10.2. The number of ether oxygens (including phenoxy) is 2. The van der Waals surface area contributed by atoms with E-state index >= 15 is 0 Å². The summed E-state index contributed by atoms with van der Waals surface area (Å²) in [6.45, 7) is 10.2. The van der Waals surface area contributed by atoms with Crippen LogP contribution in [0, 0.1) is 11.8 Å². The highest BCUT2D eigenvalue weighted by Gasteiger charge is 2.59. The van der Waals surface area contributed by atoms with Gasteiger partial charge in [-0.2, -0.15) is 0 Å². The average molecular weight is 268 g/mol. The van der Waals surface area contributed by atoms with E-state index in [0.29, 0.717) is 26.1 Å². The first kappa shape index (κ1) is 14.7. The predicted octanol–water partition coefficient (Wildman–Crippen LogP) is 1.28. The zero-order chi connectivity index (χ0) is 14.0. The predicted molar refractivity (Wildman–Crippen MR) is 72.7 cm³/mol. The first-order valence-corrected chi connectivity index (χ1v) is 6.88. The second kappa shape index (κ2) is 5.75. The molecule has 0 radical (unpaired) electrons. The summed E-state index contributed by atoms with van der Waals surface area (Å²) in [6.07, 6.45) is 3.30. The van der Waals surface area contributed by atoms with E-state index in [-0.39, 0.29) is 17.9 Å². The van der Waals surface area contributed by atoms with Crippen LogP contribution < -0.4 is 0 Å². The van der Waals surface area contributed by atoms with Gasteiger partial charge in [0.25, 0.3) is 0 Å². The Morgan fingerprint density at radius 2 is 1.84 bits per heavy atom. The Balaban J connectivity index is 2.10. The quantitative estimate of drug-likeness (QED) is 0.713. The summed E-state index contributed by atoms with van der Waals surface area (Å²) in [5, 5.41) is 20.3. The van der Waals surface area contributed by atoms with Crippen LogP contribution in [-0.2, 0) is 9.47 Å². The van der Waals surface area contributed by atoms with E-state index in [1.54, 1.807) is 12.2 Å². The van der Waals surface area contributed by atoms with Crippen LogP contribution in [-0.4, -0.2) is 47.3 Å². The Labute approximate surface area is 114 Å². The molecule has 4 nitrogen and oxygen atoms in total. The molecular weight excluding hydrogens is 244 g/mol. The summed E-state index contributed by atoms with van der Waals surface area (Å²) >= 11 is 0. The van der Waals surface area contributed by atoms with Gasteiger partial charge in [0.15, 0.2) is 0 Å². The fourth-order valence-electron chi connectivity index (χ4n) is 3.34. The molecule has 19 heavy (non-hydrogen) atoms. The first-order chi connectivity index (χ1) is 9.04. The van der Waals surface area contributed by atoms with Gasteiger partial charge in [0, 0.05) is 11.8 Å². The van der Waals surface area contributed by atoms with Gasteiger partial charge < -0.3 is 19.7 Å². The molecule has 0 amide bonds. The fourth-order valence-corrected chi connectivity index (χ4v) is 3.34. The number of aliphatic hydroxyl groups is 2. The second-order valence-electron chi connectivity index (χ2n) is 5.70. The van der Waals surface area contributed by atoms with E-state index in [2.05, 4.69) is 13.2 Å². The molecular formula is C15H24O4. The summed E-state index contributed by atoms with van der Waals surface area (Å²) < 4.78 is 11.7. The SMILES string of the molecule is C=CCC(O)C1CO[C@]2(C)C(C(O)CC=C)CO[C@H]12. The van der Waals surface area contributed by atoms with Crippen LogP contribution >= 0.6 is 0 Å². The Kier molecular flexibility index (Phi) is 4.46. The number of rotatable bonds is 6. The minimum absolute atomic E-state index is 0.0519. The molecule has 2 aliphatic rings. The van der Waals surface area contributed by atoms with Crippen molar-refractivity contribution < 1.29 is 19.7 Å². The van der Waals surface area contributed by atoms with Crippen molar-refractivity contribution in [2.75, 3.05) is 13.2 Å². The van der Waals surface area contributed by atoms with Crippen molar-refractivity contribution in [1.82, 2.24) is 0 Å². The largest absolute Gasteiger partial charge is 0.392 e. The third-order valence-electron chi connectivity index (χ3n) is 4.51. The smallest absolute Gasteiger partial charge is 0.0994 e. The highest BCUT2D eigenvalue weighted by Crippen LogP contribution is 2.46. The van der Waals surface area contributed by atoms with E-state index in [4.69, 9.17) is 9.47 Å². The molecule has 2 aliphatic heterocycles. The van der Waals surface area contributed by atoms with Gasteiger partial charge in [-0.1, -0.05) is 12.2 Å². The lowest BCUT2D eigenvalue weighted by molar-refractivity contribution is -0.0602. The molecule has 108 valence electrons. The number of aliphatic hydroxyl groups excluding tert-OH is 2. The molecule has 6 atom stereocenters. The lowest BCUT2D eigenvalue weighted by Gasteiger charge is -2.32. The topological polar surface area (TPSA) is 58.9 Å². The molecule has 0 bridgehead atoms. The van der Waals surface area contributed by atoms with Gasteiger partial charge in [0.2, 0.25) is 0 Å². The maximum Gasteiger partial charge on any atom is 0.0994 e. The Hall–Kier alpha value is -0.680. The van der Waals surface area contributed by atoms with Crippen LogP contribution in [0.25, 0.3) is 0 Å².